The van der Waals surface area contributed by atoms with Crippen LogP contribution < -0.4 is 5.32 Å². The number of rotatable bonds is 8. The monoisotopic (exact) mass is 465 g/mol. The minimum absolute atomic E-state index is 0.130. The standard InChI is InChI=1S/C24H23N3O3S2/c1-5-16-7-9-17(10-8-16)19-13-31-22(27-19)18(11-25)12-26-23-20(24(29)30-6-2)14(3)21(32-23)15(4)28/h7-10,12-13,26H,5-6H2,1-4H3. The third kappa shape index (κ3) is 4.96. The quantitative estimate of drug-likeness (QED) is 0.246. The van der Waals surface area contributed by atoms with Crippen molar-refractivity contribution in [1.29, 1.82) is 5.26 Å². The third-order valence-corrected chi connectivity index (χ3v) is 7.01. The van der Waals surface area contributed by atoms with E-state index in [-0.39, 0.29) is 12.4 Å². The first-order chi connectivity index (χ1) is 15.4. The molecule has 1 N–H and O–H groups in total. The minimum Gasteiger partial charge on any atom is -0.462 e. The molecule has 2 heterocycles. The van der Waals surface area contributed by atoms with Crippen molar-refractivity contribution in [3.05, 3.63) is 62.4 Å². The molecule has 0 aliphatic rings. The topological polar surface area (TPSA) is 92.1 Å². The van der Waals surface area contributed by atoms with Gasteiger partial charge in [0.15, 0.2) is 5.78 Å². The number of nitrogens with one attached hydrogen (secondary N) is 1. The summed E-state index contributed by atoms with van der Waals surface area (Å²) in [5, 5.41) is 15.6. The van der Waals surface area contributed by atoms with Crippen molar-refractivity contribution in [2.75, 3.05) is 11.9 Å². The largest absolute Gasteiger partial charge is 0.462 e. The van der Waals surface area contributed by atoms with Crippen LogP contribution in [0.15, 0.2) is 35.8 Å². The molecule has 0 spiro atoms. The number of carbonyl (C=O) groups is 2. The van der Waals surface area contributed by atoms with Crippen LogP contribution in [-0.2, 0) is 11.2 Å². The molecule has 3 rings (SSSR count). The maximum atomic E-state index is 12.4. The van der Waals surface area contributed by atoms with Crippen LogP contribution in [0, 0.1) is 18.3 Å². The summed E-state index contributed by atoms with van der Waals surface area (Å²) in [6.07, 6.45) is 2.48. The second kappa shape index (κ2) is 10.4. The van der Waals surface area contributed by atoms with E-state index in [0.717, 1.165) is 17.7 Å². The molecule has 0 aliphatic carbocycles. The van der Waals surface area contributed by atoms with Gasteiger partial charge in [-0.1, -0.05) is 31.2 Å². The Hall–Kier alpha value is -3.28. The Bertz CT molecular complexity index is 1210. The zero-order chi connectivity index (χ0) is 23.3. The smallest absolute Gasteiger partial charge is 0.341 e. The summed E-state index contributed by atoms with van der Waals surface area (Å²) in [6, 6.07) is 10.3. The van der Waals surface area contributed by atoms with Crippen molar-refractivity contribution in [3.63, 3.8) is 0 Å². The SMILES string of the molecule is CCOC(=O)c1c(NC=C(C#N)c2nc(-c3ccc(CC)cc3)cs2)sc(C(C)=O)c1C. The van der Waals surface area contributed by atoms with Gasteiger partial charge >= 0.3 is 5.97 Å². The number of hydrogen-bond acceptors (Lipinski definition) is 8. The van der Waals surface area contributed by atoms with E-state index in [9.17, 15) is 14.9 Å². The number of esters is 1. The van der Waals surface area contributed by atoms with E-state index in [2.05, 4.69) is 35.4 Å². The van der Waals surface area contributed by atoms with E-state index >= 15 is 0 Å². The Morgan fingerprint density at radius 1 is 1.25 bits per heavy atom. The molecule has 0 saturated carbocycles. The number of Topliss-reactive ketones (excluding diaryl/α,β-unsaturated/α-hetero) is 1. The number of hydrogen-bond donors (Lipinski definition) is 1. The zero-order valence-electron chi connectivity index (χ0n) is 18.3. The first kappa shape index (κ1) is 23.4. The number of aryl methyl sites for hydroxylation is 1. The summed E-state index contributed by atoms with van der Waals surface area (Å²) < 4.78 is 5.15. The molecular formula is C24H23N3O3S2. The fourth-order valence-corrected chi connectivity index (χ4v) is 4.97. The van der Waals surface area contributed by atoms with Gasteiger partial charge in [0.25, 0.3) is 0 Å². The molecule has 0 atom stereocenters. The number of ketones is 1. The van der Waals surface area contributed by atoms with Crippen LogP contribution in [0.3, 0.4) is 0 Å². The summed E-state index contributed by atoms with van der Waals surface area (Å²) in [7, 11) is 0. The van der Waals surface area contributed by atoms with E-state index in [1.54, 1.807) is 13.8 Å². The lowest BCUT2D eigenvalue weighted by molar-refractivity contribution is 0.0527. The maximum Gasteiger partial charge on any atom is 0.341 e. The molecule has 0 unspecified atom stereocenters. The predicted molar refractivity (Wildman–Crippen MR) is 129 cm³/mol. The maximum absolute atomic E-state index is 12.4. The van der Waals surface area contributed by atoms with Crippen LogP contribution in [0.1, 0.15) is 56.9 Å². The number of carbonyl (C=O) groups excluding carboxylic acids is 2. The molecule has 164 valence electrons. The van der Waals surface area contributed by atoms with Crippen LogP contribution >= 0.6 is 22.7 Å². The lowest BCUT2D eigenvalue weighted by atomic mass is 10.1. The van der Waals surface area contributed by atoms with E-state index < -0.39 is 5.97 Å². The second-order valence-electron chi connectivity index (χ2n) is 6.94. The molecule has 0 bridgehead atoms. The summed E-state index contributed by atoms with van der Waals surface area (Å²) in [4.78, 5) is 29.5. The molecule has 8 heteroatoms. The van der Waals surface area contributed by atoms with E-state index in [1.165, 1.54) is 41.4 Å². The van der Waals surface area contributed by atoms with Gasteiger partial charge in [0.05, 0.1) is 22.7 Å². The first-order valence-corrected chi connectivity index (χ1v) is 11.8. The number of ether oxygens (including phenoxy) is 1. The minimum atomic E-state index is -0.504. The van der Waals surface area contributed by atoms with Crippen molar-refractivity contribution < 1.29 is 14.3 Å². The lowest BCUT2D eigenvalue weighted by Crippen LogP contribution is -2.08. The number of nitrogens with zero attached hydrogens (tertiary/aromatic N) is 2. The summed E-state index contributed by atoms with van der Waals surface area (Å²) in [5.41, 5.74) is 4.25. The zero-order valence-corrected chi connectivity index (χ0v) is 19.9. The first-order valence-electron chi connectivity index (χ1n) is 10.1. The normalized spacial score (nSPS) is 11.2. The van der Waals surface area contributed by atoms with Gasteiger partial charge in [0.2, 0.25) is 0 Å². The lowest BCUT2D eigenvalue weighted by Gasteiger charge is -2.05. The van der Waals surface area contributed by atoms with E-state index in [0.29, 0.717) is 31.6 Å². The number of anilines is 1. The predicted octanol–water partition coefficient (Wildman–Crippen LogP) is 6.10. The number of thiophene rings is 1. The van der Waals surface area contributed by atoms with Gasteiger partial charge in [-0.2, -0.15) is 5.26 Å². The molecule has 2 aromatic heterocycles. The molecule has 0 fully saturated rings. The van der Waals surface area contributed by atoms with Crippen molar-refractivity contribution in [3.8, 4) is 17.3 Å². The van der Waals surface area contributed by atoms with Gasteiger partial charge in [0, 0.05) is 17.1 Å². The Morgan fingerprint density at radius 2 is 1.97 bits per heavy atom. The molecule has 6 nitrogen and oxygen atoms in total. The van der Waals surface area contributed by atoms with Gasteiger partial charge < -0.3 is 10.1 Å². The highest BCUT2D eigenvalue weighted by Crippen LogP contribution is 2.35. The van der Waals surface area contributed by atoms with Crippen molar-refractivity contribution >= 4 is 45.0 Å². The van der Waals surface area contributed by atoms with E-state index in [4.69, 9.17) is 4.74 Å². The van der Waals surface area contributed by atoms with Gasteiger partial charge in [-0.15, -0.1) is 22.7 Å². The third-order valence-electron chi connectivity index (χ3n) is 4.81. The van der Waals surface area contributed by atoms with Crippen LogP contribution in [0.5, 0.6) is 0 Å². The fraction of sp³-hybridized carbons (Fsp3) is 0.250. The molecular weight excluding hydrogens is 442 g/mol. The Kier molecular flexibility index (Phi) is 7.57. The van der Waals surface area contributed by atoms with Crippen molar-refractivity contribution in [2.24, 2.45) is 0 Å². The molecule has 0 saturated heterocycles. The number of aromatic nitrogens is 1. The van der Waals surface area contributed by atoms with Gasteiger partial charge in [-0.05, 0) is 38.3 Å². The summed E-state index contributed by atoms with van der Waals surface area (Å²) in [6.45, 7) is 7.23. The Morgan fingerprint density at radius 3 is 2.56 bits per heavy atom. The van der Waals surface area contributed by atoms with Crippen LogP contribution in [0.25, 0.3) is 16.8 Å². The number of allylic oxidation sites excluding steroid dienone is 1. The Balaban J connectivity index is 1.90. The number of nitriles is 1. The summed E-state index contributed by atoms with van der Waals surface area (Å²) in [5.74, 6) is -0.635. The Labute approximate surface area is 195 Å². The molecule has 1 aromatic carbocycles. The highest BCUT2D eigenvalue weighted by Gasteiger charge is 2.24. The molecule has 3 aromatic rings. The highest BCUT2D eigenvalue weighted by molar-refractivity contribution is 7.18. The average Bonchev–Trinajstić information content (AvgIpc) is 3.39. The molecule has 0 amide bonds. The second-order valence-corrected chi connectivity index (χ2v) is 8.82. The van der Waals surface area contributed by atoms with Gasteiger partial charge in [0.1, 0.15) is 21.7 Å². The van der Waals surface area contributed by atoms with Crippen molar-refractivity contribution in [1.82, 2.24) is 4.98 Å². The van der Waals surface area contributed by atoms with Gasteiger partial charge in [-0.3, -0.25) is 4.79 Å². The van der Waals surface area contributed by atoms with E-state index in [1.807, 2.05) is 17.5 Å². The highest BCUT2D eigenvalue weighted by atomic mass is 32.1. The van der Waals surface area contributed by atoms with Crippen LogP contribution in [0.2, 0.25) is 0 Å². The average molecular weight is 466 g/mol. The number of benzene rings is 1. The molecule has 0 aliphatic heterocycles. The number of thiazole rings is 1. The van der Waals surface area contributed by atoms with Crippen molar-refractivity contribution in [2.45, 2.75) is 34.1 Å². The molecule has 0 radical (unpaired) electrons. The van der Waals surface area contributed by atoms with Gasteiger partial charge in [-0.25, -0.2) is 9.78 Å². The summed E-state index contributed by atoms with van der Waals surface area (Å²) >= 11 is 2.54. The fourth-order valence-electron chi connectivity index (χ4n) is 3.12. The van der Waals surface area contributed by atoms with Crippen LogP contribution in [0.4, 0.5) is 5.00 Å². The van der Waals surface area contributed by atoms with Crippen LogP contribution in [-0.4, -0.2) is 23.3 Å². The molecule has 32 heavy (non-hydrogen) atoms.